The second-order valence-electron chi connectivity index (χ2n) is 6.56. The Kier molecular flexibility index (Phi) is 4.60. The Morgan fingerprint density at radius 1 is 1.30 bits per heavy atom. The van der Waals surface area contributed by atoms with E-state index in [0.29, 0.717) is 0 Å². The highest BCUT2D eigenvalue weighted by molar-refractivity contribution is 9.10. The molecule has 0 radical (unpaired) electrons. The smallest absolute Gasteiger partial charge is 0.0762 e. The van der Waals surface area contributed by atoms with Gasteiger partial charge >= 0.3 is 0 Å². The van der Waals surface area contributed by atoms with Crippen LogP contribution in [0.25, 0.3) is 0 Å². The number of aliphatic hydroxyl groups is 1. The van der Waals surface area contributed by atoms with Crippen LogP contribution in [0.4, 0.5) is 5.69 Å². The SMILES string of the molecule is CC(O)c1ccc(N2CC=C(C(C)(C)C)CC2)c(Br)c1. The fourth-order valence-electron chi connectivity index (χ4n) is 2.61. The lowest BCUT2D eigenvalue weighted by Crippen LogP contribution is -2.31. The Balaban J connectivity index is 2.17. The molecule has 1 heterocycles. The molecule has 1 aromatic carbocycles. The van der Waals surface area contributed by atoms with Crippen LogP contribution in [0, 0.1) is 5.41 Å². The maximum absolute atomic E-state index is 9.63. The quantitative estimate of drug-likeness (QED) is 0.791. The van der Waals surface area contributed by atoms with Crippen molar-refractivity contribution in [3.05, 3.63) is 39.9 Å². The number of nitrogens with zero attached hydrogens (tertiary/aromatic N) is 1. The summed E-state index contributed by atoms with van der Waals surface area (Å²) in [6.07, 6.45) is 3.06. The van der Waals surface area contributed by atoms with Crippen molar-refractivity contribution in [1.82, 2.24) is 0 Å². The summed E-state index contributed by atoms with van der Waals surface area (Å²) in [5.74, 6) is 0. The number of anilines is 1. The van der Waals surface area contributed by atoms with Crippen molar-refractivity contribution >= 4 is 21.6 Å². The first-order valence-electron chi connectivity index (χ1n) is 7.21. The zero-order chi connectivity index (χ0) is 14.9. The Labute approximate surface area is 130 Å². The summed E-state index contributed by atoms with van der Waals surface area (Å²) in [6, 6.07) is 6.12. The van der Waals surface area contributed by atoms with Crippen molar-refractivity contribution in [2.24, 2.45) is 5.41 Å². The molecule has 110 valence electrons. The molecular weight excluding hydrogens is 314 g/mol. The topological polar surface area (TPSA) is 23.5 Å². The molecule has 3 heteroatoms. The van der Waals surface area contributed by atoms with E-state index in [9.17, 15) is 5.11 Å². The van der Waals surface area contributed by atoms with Gasteiger partial charge in [0.1, 0.15) is 0 Å². The van der Waals surface area contributed by atoms with Gasteiger partial charge in [0.25, 0.3) is 0 Å². The predicted molar refractivity (Wildman–Crippen MR) is 89.1 cm³/mol. The summed E-state index contributed by atoms with van der Waals surface area (Å²) < 4.78 is 1.06. The molecule has 0 amide bonds. The second kappa shape index (κ2) is 5.90. The third kappa shape index (κ3) is 3.44. The van der Waals surface area contributed by atoms with Gasteiger partial charge in [-0.1, -0.05) is 38.5 Å². The van der Waals surface area contributed by atoms with Crippen molar-refractivity contribution in [2.45, 2.75) is 40.2 Å². The van der Waals surface area contributed by atoms with Crippen molar-refractivity contribution < 1.29 is 5.11 Å². The van der Waals surface area contributed by atoms with Gasteiger partial charge in [0.2, 0.25) is 0 Å². The van der Waals surface area contributed by atoms with Crippen LogP contribution < -0.4 is 4.90 Å². The van der Waals surface area contributed by atoms with Crippen LogP contribution in [0.5, 0.6) is 0 Å². The molecule has 1 aromatic rings. The lowest BCUT2D eigenvalue weighted by atomic mass is 9.83. The van der Waals surface area contributed by atoms with E-state index < -0.39 is 6.10 Å². The normalized spacial score (nSPS) is 17.9. The Morgan fingerprint density at radius 2 is 2.00 bits per heavy atom. The Bertz CT molecular complexity index is 514. The van der Waals surface area contributed by atoms with Gasteiger partial charge in [-0.3, -0.25) is 0 Å². The van der Waals surface area contributed by atoms with Crippen molar-refractivity contribution in [3.63, 3.8) is 0 Å². The molecule has 0 spiro atoms. The van der Waals surface area contributed by atoms with Crippen LogP contribution in [0.2, 0.25) is 0 Å². The maximum Gasteiger partial charge on any atom is 0.0762 e. The summed E-state index contributed by atoms with van der Waals surface area (Å²) in [5.41, 5.74) is 3.98. The van der Waals surface area contributed by atoms with Crippen LogP contribution in [-0.4, -0.2) is 18.2 Å². The number of hydrogen-bond donors (Lipinski definition) is 1. The molecule has 0 aliphatic carbocycles. The standard InChI is InChI=1S/C17H24BrNO/c1-12(20)13-5-6-16(15(18)11-13)19-9-7-14(8-10-19)17(2,3)4/h5-7,11-12,20H,8-10H2,1-4H3. The van der Waals surface area contributed by atoms with E-state index in [-0.39, 0.29) is 5.41 Å². The molecule has 20 heavy (non-hydrogen) atoms. The molecule has 0 saturated heterocycles. The molecule has 1 N–H and O–H groups in total. The van der Waals surface area contributed by atoms with Crippen LogP contribution in [0.3, 0.4) is 0 Å². The van der Waals surface area contributed by atoms with Gasteiger partial charge in [0.05, 0.1) is 11.8 Å². The molecule has 2 rings (SSSR count). The van der Waals surface area contributed by atoms with E-state index in [1.807, 2.05) is 12.1 Å². The Morgan fingerprint density at radius 3 is 2.45 bits per heavy atom. The van der Waals surface area contributed by atoms with E-state index in [4.69, 9.17) is 0 Å². The summed E-state index contributed by atoms with van der Waals surface area (Å²) in [5, 5.41) is 9.63. The minimum atomic E-state index is -0.422. The van der Waals surface area contributed by atoms with Crippen LogP contribution in [0.1, 0.15) is 45.8 Å². The minimum Gasteiger partial charge on any atom is -0.389 e. The zero-order valence-corrected chi connectivity index (χ0v) is 14.4. The molecule has 1 atom stereocenters. The summed E-state index contributed by atoms with van der Waals surface area (Å²) in [7, 11) is 0. The van der Waals surface area contributed by atoms with Gasteiger partial charge in [-0.15, -0.1) is 0 Å². The van der Waals surface area contributed by atoms with E-state index in [1.165, 1.54) is 5.69 Å². The van der Waals surface area contributed by atoms with Crippen molar-refractivity contribution in [1.29, 1.82) is 0 Å². The lowest BCUT2D eigenvalue weighted by molar-refractivity contribution is 0.199. The average Bonchev–Trinajstić information content (AvgIpc) is 2.37. The molecular formula is C17H24BrNO. The lowest BCUT2D eigenvalue weighted by Gasteiger charge is -2.34. The van der Waals surface area contributed by atoms with Gasteiger partial charge in [-0.05, 0) is 52.4 Å². The fraction of sp³-hybridized carbons (Fsp3) is 0.529. The van der Waals surface area contributed by atoms with Gasteiger partial charge < -0.3 is 10.0 Å². The first-order valence-corrected chi connectivity index (χ1v) is 8.00. The first-order chi connectivity index (χ1) is 9.29. The van der Waals surface area contributed by atoms with Gasteiger partial charge in [-0.2, -0.15) is 0 Å². The summed E-state index contributed by atoms with van der Waals surface area (Å²) >= 11 is 3.63. The summed E-state index contributed by atoms with van der Waals surface area (Å²) in [6.45, 7) is 10.6. The second-order valence-corrected chi connectivity index (χ2v) is 7.42. The number of benzene rings is 1. The van der Waals surface area contributed by atoms with Crippen molar-refractivity contribution in [3.8, 4) is 0 Å². The van der Waals surface area contributed by atoms with Crippen LogP contribution >= 0.6 is 15.9 Å². The largest absolute Gasteiger partial charge is 0.389 e. The van der Waals surface area contributed by atoms with E-state index in [0.717, 1.165) is 29.5 Å². The monoisotopic (exact) mass is 337 g/mol. The predicted octanol–water partition coefficient (Wildman–Crippen LogP) is 4.69. The van der Waals surface area contributed by atoms with Crippen LogP contribution in [0.15, 0.2) is 34.3 Å². The molecule has 1 aliphatic rings. The maximum atomic E-state index is 9.63. The minimum absolute atomic E-state index is 0.277. The highest BCUT2D eigenvalue weighted by Crippen LogP contribution is 2.34. The zero-order valence-electron chi connectivity index (χ0n) is 12.8. The molecule has 1 aliphatic heterocycles. The van der Waals surface area contributed by atoms with Crippen LogP contribution in [-0.2, 0) is 0 Å². The summed E-state index contributed by atoms with van der Waals surface area (Å²) in [4.78, 5) is 2.38. The highest BCUT2D eigenvalue weighted by atomic mass is 79.9. The van der Waals surface area contributed by atoms with E-state index in [1.54, 1.807) is 12.5 Å². The third-order valence-corrected chi connectivity index (χ3v) is 4.60. The van der Waals surface area contributed by atoms with Gasteiger partial charge in [0.15, 0.2) is 0 Å². The number of rotatable bonds is 2. The molecule has 2 nitrogen and oxygen atoms in total. The average molecular weight is 338 g/mol. The van der Waals surface area contributed by atoms with Gasteiger partial charge in [0, 0.05) is 17.6 Å². The fourth-order valence-corrected chi connectivity index (χ4v) is 3.26. The molecule has 0 saturated carbocycles. The number of aliphatic hydroxyl groups excluding tert-OH is 1. The van der Waals surface area contributed by atoms with E-state index >= 15 is 0 Å². The Hall–Kier alpha value is -0.800. The number of hydrogen-bond acceptors (Lipinski definition) is 2. The van der Waals surface area contributed by atoms with Crippen molar-refractivity contribution in [2.75, 3.05) is 18.0 Å². The van der Waals surface area contributed by atoms with Gasteiger partial charge in [-0.25, -0.2) is 0 Å². The first kappa shape index (κ1) is 15.6. The highest BCUT2D eigenvalue weighted by Gasteiger charge is 2.22. The van der Waals surface area contributed by atoms with E-state index in [2.05, 4.69) is 53.7 Å². The molecule has 0 fully saturated rings. The molecule has 0 aromatic heterocycles. The molecule has 0 bridgehead atoms. The number of halogens is 1. The third-order valence-electron chi connectivity index (χ3n) is 3.97. The molecule has 1 unspecified atom stereocenters.